The summed E-state index contributed by atoms with van der Waals surface area (Å²) in [6.07, 6.45) is 2.42. The van der Waals surface area contributed by atoms with Crippen LogP contribution in [0, 0.1) is 0 Å². The monoisotopic (exact) mass is 242 g/mol. The fraction of sp³-hybridized carbons (Fsp3) is 0.538. The lowest BCUT2D eigenvalue weighted by atomic mass is 10.2. The highest BCUT2D eigenvalue weighted by atomic mass is 35.5. The SMILES string of the molecule is CCCN(CCC)Cc1cccc(N)c1.Cl. The van der Waals surface area contributed by atoms with Gasteiger partial charge in [-0.1, -0.05) is 26.0 Å². The standard InChI is InChI=1S/C13H22N2.ClH/c1-3-8-15(9-4-2)11-12-6-5-7-13(14)10-12;/h5-7,10H,3-4,8-9,11,14H2,1-2H3;1H. The van der Waals surface area contributed by atoms with Gasteiger partial charge >= 0.3 is 0 Å². The van der Waals surface area contributed by atoms with Gasteiger partial charge in [0.1, 0.15) is 0 Å². The first-order valence-electron chi connectivity index (χ1n) is 5.83. The van der Waals surface area contributed by atoms with Gasteiger partial charge in [-0.05, 0) is 43.6 Å². The predicted octanol–water partition coefficient (Wildman–Crippen LogP) is 3.31. The second-order valence-electron chi connectivity index (χ2n) is 4.02. The summed E-state index contributed by atoms with van der Waals surface area (Å²) in [7, 11) is 0. The van der Waals surface area contributed by atoms with E-state index in [1.165, 1.54) is 31.5 Å². The van der Waals surface area contributed by atoms with E-state index in [4.69, 9.17) is 5.73 Å². The molecule has 0 heterocycles. The van der Waals surface area contributed by atoms with Gasteiger partial charge in [-0.15, -0.1) is 12.4 Å². The predicted molar refractivity (Wildman–Crippen MR) is 74.0 cm³/mol. The second kappa shape index (κ2) is 8.43. The number of nitrogens with two attached hydrogens (primary N) is 1. The Kier molecular flexibility index (Phi) is 8.04. The number of hydrogen-bond acceptors (Lipinski definition) is 2. The summed E-state index contributed by atoms with van der Waals surface area (Å²) >= 11 is 0. The van der Waals surface area contributed by atoms with Gasteiger partial charge in [0.15, 0.2) is 0 Å². The van der Waals surface area contributed by atoms with Crippen LogP contribution in [-0.4, -0.2) is 18.0 Å². The number of halogens is 1. The minimum absolute atomic E-state index is 0. The van der Waals surface area contributed by atoms with Crippen LogP contribution in [0.5, 0.6) is 0 Å². The van der Waals surface area contributed by atoms with E-state index in [1.54, 1.807) is 0 Å². The Labute approximate surface area is 105 Å². The smallest absolute Gasteiger partial charge is 0.0317 e. The lowest BCUT2D eigenvalue weighted by molar-refractivity contribution is 0.266. The van der Waals surface area contributed by atoms with E-state index >= 15 is 0 Å². The molecule has 0 unspecified atom stereocenters. The lowest BCUT2D eigenvalue weighted by Crippen LogP contribution is -2.24. The van der Waals surface area contributed by atoms with Crippen LogP contribution in [0.4, 0.5) is 5.69 Å². The molecule has 0 aliphatic carbocycles. The molecule has 0 atom stereocenters. The van der Waals surface area contributed by atoms with Gasteiger partial charge in [0.2, 0.25) is 0 Å². The van der Waals surface area contributed by atoms with Gasteiger partial charge in [-0.25, -0.2) is 0 Å². The van der Waals surface area contributed by atoms with Crippen molar-refractivity contribution in [3.8, 4) is 0 Å². The van der Waals surface area contributed by atoms with Crippen molar-refractivity contribution in [1.29, 1.82) is 0 Å². The molecule has 0 spiro atoms. The minimum Gasteiger partial charge on any atom is -0.399 e. The Balaban J connectivity index is 0.00000225. The van der Waals surface area contributed by atoms with Crippen LogP contribution in [0.2, 0.25) is 0 Å². The quantitative estimate of drug-likeness (QED) is 0.776. The molecular weight excluding hydrogens is 220 g/mol. The van der Waals surface area contributed by atoms with Crippen molar-refractivity contribution >= 4 is 18.1 Å². The molecule has 0 aliphatic rings. The van der Waals surface area contributed by atoms with Gasteiger partial charge in [-0.3, -0.25) is 4.90 Å². The van der Waals surface area contributed by atoms with Gasteiger partial charge in [0.05, 0.1) is 0 Å². The Bertz CT molecular complexity index is 283. The molecule has 1 aromatic carbocycles. The van der Waals surface area contributed by atoms with E-state index < -0.39 is 0 Å². The van der Waals surface area contributed by atoms with E-state index in [2.05, 4.69) is 30.9 Å². The third kappa shape index (κ3) is 5.38. The van der Waals surface area contributed by atoms with Crippen LogP contribution in [0.3, 0.4) is 0 Å². The maximum atomic E-state index is 5.76. The van der Waals surface area contributed by atoms with E-state index in [0.29, 0.717) is 0 Å². The number of benzene rings is 1. The first-order chi connectivity index (χ1) is 7.26. The van der Waals surface area contributed by atoms with Crippen LogP contribution >= 0.6 is 12.4 Å². The third-order valence-corrected chi connectivity index (χ3v) is 2.44. The van der Waals surface area contributed by atoms with Crippen molar-refractivity contribution in [1.82, 2.24) is 4.90 Å². The van der Waals surface area contributed by atoms with Crippen molar-refractivity contribution in [2.24, 2.45) is 0 Å². The molecule has 2 N–H and O–H groups in total. The molecule has 16 heavy (non-hydrogen) atoms. The van der Waals surface area contributed by atoms with Gasteiger partial charge in [-0.2, -0.15) is 0 Å². The topological polar surface area (TPSA) is 29.3 Å². The average molecular weight is 243 g/mol. The minimum atomic E-state index is 0. The fourth-order valence-corrected chi connectivity index (χ4v) is 1.85. The zero-order chi connectivity index (χ0) is 11.1. The number of rotatable bonds is 6. The number of anilines is 1. The molecule has 3 heteroatoms. The summed E-state index contributed by atoms with van der Waals surface area (Å²) in [5.74, 6) is 0. The van der Waals surface area contributed by atoms with Crippen molar-refractivity contribution < 1.29 is 0 Å². The number of hydrogen-bond donors (Lipinski definition) is 1. The largest absolute Gasteiger partial charge is 0.399 e. The lowest BCUT2D eigenvalue weighted by Gasteiger charge is -2.21. The molecule has 0 saturated heterocycles. The van der Waals surface area contributed by atoms with E-state index in [0.717, 1.165) is 12.2 Å². The maximum absolute atomic E-state index is 5.76. The van der Waals surface area contributed by atoms with Gasteiger partial charge < -0.3 is 5.73 Å². The van der Waals surface area contributed by atoms with Gasteiger partial charge in [0, 0.05) is 12.2 Å². The molecule has 0 aliphatic heterocycles. The highest BCUT2D eigenvalue weighted by molar-refractivity contribution is 5.85. The van der Waals surface area contributed by atoms with E-state index in [9.17, 15) is 0 Å². The molecule has 1 aromatic rings. The Morgan fingerprint density at radius 1 is 1.12 bits per heavy atom. The summed E-state index contributed by atoms with van der Waals surface area (Å²) in [6.45, 7) is 7.81. The van der Waals surface area contributed by atoms with Crippen LogP contribution in [0.1, 0.15) is 32.3 Å². The highest BCUT2D eigenvalue weighted by Gasteiger charge is 2.03. The van der Waals surface area contributed by atoms with Crippen LogP contribution in [-0.2, 0) is 6.54 Å². The molecule has 92 valence electrons. The van der Waals surface area contributed by atoms with E-state index in [1.807, 2.05) is 12.1 Å². The van der Waals surface area contributed by atoms with Gasteiger partial charge in [0.25, 0.3) is 0 Å². The molecule has 0 bridgehead atoms. The summed E-state index contributed by atoms with van der Waals surface area (Å²) in [5, 5.41) is 0. The average Bonchev–Trinajstić information content (AvgIpc) is 2.18. The van der Waals surface area contributed by atoms with Crippen LogP contribution < -0.4 is 5.73 Å². The molecule has 0 fully saturated rings. The molecule has 0 amide bonds. The first kappa shape index (κ1) is 15.3. The van der Waals surface area contributed by atoms with Crippen molar-refractivity contribution in [2.45, 2.75) is 33.2 Å². The maximum Gasteiger partial charge on any atom is 0.0317 e. The molecule has 0 saturated carbocycles. The zero-order valence-corrected chi connectivity index (χ0v) is 11.1. The zero-order valence-electron chi connectivity index (χ0n) is 10.3. The molecule has 1 rings (SSSR count). The fourth-order valence-electron chi connectivity index (χ4n) is 1.85. The van der Waals surface area contributed by atoms with Crippen molar-refractivity contribution in [2.75, 3.05) is 18.8 Å². The Morgan fingerprint density at radius 2 is 1.75 bits per heavy atom. The molecular formula is C13H23ClN2. The van der Waals surface area contributed by atoms with Crippen LogP contribution in [0.15, 0.2) is 24.3 Å². The number of nitrogen functional groups attached to an aromatic ring is 1. The van der Waals surface area contributed by atoms with Crippen molar-refractivity contribution in [3.63, 3.8) is 0 Å². The molecule has 2 nitrogen and oxygen atoms in total. The Hall–Kier alpha value is -0.730. The third-order valence-electron chi connectivity index (χ3n) is 2.44. The summed E-state index contributed by atoms with van der Waals surface area (Å²) in [5.41, 5.74) is 7.94. The summed E-state index contributed by atoms with van der Waals surface area (Å²) in [4.78, 5) is 2.48. The second-order valence-corrected chi connectivity index (χ2v) is 4.02. The van der Waals surface area contributed by atoms with E-state index in [-0.39, 0.29) is 12.4 Å². The highest BCUT2D eigenvalue weighted by Crippen LogP contribution is 2.10. The van der Waals surface area contributed by atoms with Crippen molar-refractivity contribution in [3.05, 3.63) is 29.8 Å². The summed E-state index contributed by atoms with van der Waals surface area (Å²) in [6, 6.07) is 8.18. The number of nitrogens with zero attached hydrogens (tertiary/aromatic N) is 1. The first-order valence-corrected chi connectivity index (χ1v) is 5.83. The normalized spacial score (nSPS) is 10.2. The van der Waals surface area contributed by atoms with Crippen LogP contribution in [0.25, 0.3) is 0 Å². The summed E-state index contributed by atoms with van der Waals surface area (Å²) < 4.78 is 0. The Morgan fingerprint density at radius 3 is 2.25 bits per heavy atom. The molecule has 0 radical (unpaired) electrons. The molecule has 0 aromatic heterocycles.